The highest BCUT2D eigenvalue weighted by Gasteiger charge is 2.28. The molecule has 23 heavy (non-hydrogen) atoms. The highest BCUT2D eigenvalue weighted by atomic mass is 32.2. The molecule has 2 amide bonds. The summed E-state index contributed by atoms with van der Waals surface area (Å²) in [7, 11) is 1.92. The van der Waals surface area contributed by atoms with Crippen LogP contribution in [0.4, 0.5) is 10.5 Å². The maximum Gasteiger partial charge on any atom is 0.321 e. The minimum absolute atomic E-state index is 0.0130. The Hall–Kier alpha value is -1.95. The van der Waals surface area contributed by atoms with Crippen LogP contribution in [0.1, 0.15) is 23.5 Å². The van der Waals surface area contributed by atoms with Crippen molar-refractivity contribution in [2.75, 3.05) is 24.7 Å². The number of rotatable bonds is 3. The number of amides is 2. The molecule has 0 saturated carbocycles. The summed E-state index contributed by atoms with van der Waals surface area (Å²) in [5, 5.41) is 7.32. The number of carbonyl (C=O) groups is 1. The van der Waals surface area contributed by atoms with E-state index in [1.807, 2.05) is 60.4 Å². The first-order chi connectivity index (χ1) is 11.1. The molecule has 1 fully saturated rings. The van der Waals surface area contributed by atoms with Gasteiger partial charge in [-0.2, -0.15) is 5.10 Å². The van der Waals surface area contributed by atoms with Crippen LogP contribution in [0.2, 0.25) is 0 Å². The van der Waals surface area contributed by atoms with E-state index >= 15 is 0 Å². The first-order valence-electron chi connectivity index (χ1n) is 7.76. The number of aryl methyl sites for hydroxylation is 2. The van der Waals surface area contributed by atoms with Crippen molar-refractivity contribution >= 4 is 23.5 Å². The highest BCUT2D eigenvalue weighted by Crippen LogP contribution is 2.30. The Morgan fingerprint density at radius 3 is 2.96 bits per heavy atom. The van der Waals surface area contributed by atoms with Gasteiger partial charge in [0.15, 0.2) is 0 Å². The molecule has 1 aromatic heterocycles. The van der Waals surface area contributed by atoms with E-state index in [1.165, 1.54) is 5.56 Å². The number of thioether (sulfide) groups is 1. The lowest BCUT2D eigenvalue weighted by Crippen LogP contribution is -2.33. The van der Waals surface area contributed by atoms with Crippen molar-refractivity contribution in [3.05, 3.63) is 41.7 Å². The number of benzene rings is 1. The number of carbonyl (C=O) groups excluding carboxylic acids is 1. The standard InChI is InChI=1S/C17H22N4OS/c1-12-5-4-6-15(23-3)16(12)19-17(22)21-8-7-13(11-21)14-9-18-20(2)10-14/h4-6,9-10,13H,7-8,11H2,1-3H3,(H,19,22). The fourth-order valence-corrected chi connectivity index (χ4v) is 3.66. The molecule has 2 aromatic rings. The summed E-state index contributed by atoms with van der Waals surface area (Å²) in [6.45, 7) is 3.56. The lowest BCUT2D eigenvalue weighted by molar-refractivity contribution is 0.222. The maximum atomic E-state index is 12.6. The number of hydrogen-bond donors (Lipinski definition) is 1. The van der Waals surface area contributed by atoms with Gasteiger partial charge in [0.25, 0.3) is 0 Å². The topological polar surface area (TPSA) is 50.2 Å². The third kappa shape index (κ3) is 3.37. The van der Waals surface area contributed by atoms with Crippen LogP contribution in [-0.4, -0.2) is 40.1 Å². The van der Waals surface area contributed by atoms with Gasteiger partial charge in [0, 0.05) is 37.1 Å². The Morgan fingerprint density at radius 2 is 2.26 bits per heavy atom. The number of likely N-dealkylation sites (tertiary alicyclic amines) is 1. The van der Waals surface area contributed by atoms with Crippen molar-refractivity contribution < 1.29 is 4.79 Å². The van der Waals surface area contributed by atoms with Gasteiger partial charge in [-0.25, -0.2) is 4.79 Å². The summed E-state index contributed by atoms with van der Waals surface area (Å²) in [5.41, 5.74) is 3.23. The third-order valence-electron chi connectivity index (χ3n) is 4.36. The fraction of sp³-hybridized carbons (Fsp3) is 0.412. The zero-order chi connectivity index (χ0) is 16.4. The van der Waals surface area contributed by atoms with E-state index in [0.29, 0.717) is 5.92 Å². The zero-order valence-corrected chi connectivity index (χ0v) is 14.6. The Bertz CT molecular complexity index is 712. The number of nitrogens with zero attached hydrogens (tertiary/aromatic N) is 3. The summed E-state index contributed by atoms with van der Waals surface area (Å²) in [6, 6.07) is 6.07. The second-order valence-electron chi connectivity index (χ2n) is 5.96. The second kappa shape index (κ2) is 6.66. The average Bonchev–Trinajstić information content (AvgIpc) is 3.18. The molecule has 1 N–H and O–H groups in total. The van der Waals surface area contributed by atoms with Gasteiger partial charge in [0.05, 0.1) is 11.9 Å². The van der Waals surface area contributed by atoms with Gasteiger partial charge < -0.3 is 10.2 Å². The minimum atomic E-state index is -0.0130. The van der Waals surface area contributed by atoms with E-state index in [9.17, 15) is 4.79 Å². The van der Waals surface area contributed by atoms with Crippen LogP contribution in [0.25, 0.3) is 0 Å². The molecule has 2 heterocycles. The highest BCUT2D eigenvalue weighted by molar-refractivity contribution is 7.98. The van der Waals surface area contributed by atoms with E-state index in [2.05, 4.69) is 10.4 Å². The fourth-order valence-electron chi connectivity index (χ4n) is 3.02. The molecule has 0 bridgehead atoms. The van der Waals surface area contributed by atoms with Crippen molar-refractivity contribution in [1.29, 1.82) is 0 Å². The first kappa shape index (κ1) is 15.9. The van der Waals surface area contributed by atoms with Gasteiger partial charge in [0.2, 0.25) is 0 Å². The summed E-state index contributed by atoms with van der Waals surface area (Å²) in [5.74, 6) is 0.381. The van der Waals surface area contributed by atoms with Crippen molar-refractivity contribution in [1.82, 2.24) is 14.7 Å². The van der Waals surface area contributed by atoms with Crippen LogP contribution in [0.5, 0.6) is 0 Å². The van der Waals surface area contributed by atoms with E-state index in [4.69, 9.17) is 0 Å². The van der Waals surface area contributed by atoms with E-state index < -0.39 is 0 Å². The molecular weight excluding hydrogens is 308 g/mol. The molecule has 5 nitrogen and oxygen atoms in total. The number of hydrogen-bond acceptors (Lipinski definition) is 3. The molecule has 1 aliphatic heterocycles. The lowest BCUT2D eigenvalue weighted by Gasteiger charge is -2.19. The Balaban J connectivity index is 1.68. The van der Waals surface area contributed by atoms with Gasteiger partial charge in [-0.05, 0) is 36.8 Å². The molecule has 1 atom stereocenters. The van der Waals surface area contributed by atoms with Crippen molar-refractivity contribution in [2.24, 2.45) is 7.05 Å². The van der Waals surface area contributed by atoms with Crippen LogP contribution < -0.4 is 5.32 Å². The monoisotopic (exact) mass is 330 g/mol. The van der Waals surface area contributed by atoms with Crippen molar-refractivity contribution in [2.45, 2.75) is 24.2 Å². The minimum Gasteiger partial charge on any atom is -0.324 e. The summed E-state index contributed by atoms with van der Waals surface area (Å²) >= 11 is 1.65. The normalized spacial score (nSPS) is 17.5. The summed E-state index contributed by atoms with van der Waals surface area (Å²) in [4.78, 5) is 15.6. The molecular formula is C17H22N4OS. The number of urea groups is 1. The van der Waals surface area contributed by atoms with Gasteiger partial charge in [-0.3, -0.25) is 4.68 Å². The molecule has 122 valence electrons. The number of nitrogens with one attached hydrogen (secondary N) is 1. The van der Waals surface area contributed by atoms with E-state index in [0.717, 1.165) is 35.7 Å². The first-order valence-corrected chi connectivity index (χ1v) is 8.99. The van der Waals surface area contributed by atoms with Gasteiger partial charge in [-0.15, -0.1) is 11.8 Å². The van der Waals surface area contributed by atoms with Gasteiger partial charge in [-0.1, -0.05) is 12.1 Å². The van der Waals surface area contributed by atoms with E-state index in [1.54, 1.807) is 11.8 Å². The molecule has 0 aliphatic carbocycles. The van der Waals surface area contributed by atoms with Crippen molar-refractivity contribution in [3.8, 4) is 0 Å². The maximum absolute atomic E-state index is 12.6. The van der Waals surface area contributed by atoms with Crippen LogP contribution in [-0.2, 0) is 7.05 Å². The predicted octanol–water partition coefficient (Wildman–Crippen LogP) is 3.47. The Labute approximate surface area is 141 Å². The van der Waals surface area contributed by atoms with Crippen LogP contribution in [0.15, 0.2) is 35.5 Å². The molecule has 6 heteroatoms. The van der Waals surface area contributed by atoms with Crippen LogP contribution >= 0.6 is 11.8 Å². The molecule has 3 rings (SSSR count). The molecule has 1 aliphatic rings. The Morgan fingerprint density at radius 1 is 1.43 bits per heavy atom. The zero-order valence-electron chi connectivity index (χ0n) is 13.7. The quantitative estimate of drug-likeness (QED) is 0.877. The SMILES string of the molecule is CSc1cccc(C)c1NC(=O)N1CCC(c2cnn(C)c2)C1. The van der Waals surface area contributed by atoms with Crippen LogP contribution in [0.3, 0.4) is 0 Å². The molecule has 1 saturated heterocycles. The number of anilines is 1. The third-order valence-corrected chi connectivity index (χ3v) is 5.14. The molecule has 0 radical (unpaired) electrons. The van der Waals surface area contributed by atoms with E-state index in [-0.39, 0.29) is 6.03 Å². The van der Waals surface area contributed by atoms with Gasteiger partial charge >= 0.3 is 6.03 Å². The smallest absolute Gasteiger partial charge is 0.321 e. The number of para-hydroxylation sites is 1. The summed E-state index contributed by atoms with van der Waals surface area (Å²) < 4.78 is 1.82. The second-order valence-corrected chi connectivity index (χ2v) is 6.81. The Kier molecular flexibility index (Phi) is 4.61. The summed E-state index contributed by atoms with van der Waals surface area (Å²) in [6.07, 6.45) is 6.96. The molecule has 0 spiro atoms. The number of aromatic nitrogens is 2. The van der Waals surface area contributed by atoms with Crippen molar-refractivity contribution in [3.63, 3.8) is 0 Å². The molecule has 1 aromatic carbocycles. The lowest BCUT2D eigenvalue weighted by atomic mass is 10.0. The van der Waals surface area contributed by atoms with Crippen LogP contribution in [0, 0.1) is 6.92 Å². The average molecular weight is 330 g/mol. The largest absolute Gasteiger partial charge is 0.324 e. The predicted molar refractivity (Wildman–Crippen MR) is 94.1 cm³/mol. The van der Waals surface area contributed by atoms with Gasteiger partial charge in [0.1, 0.15) is 0 Å². The molecule has 1 unspecified atom stereocenters.